The first-order valence-corrected chi connectivity index (χ1v) is 5.64. The van der Waals surface area contributed by atoms with E-state index in [9.17, 15) is 4.79 Å². The van der Waals surface area contributed by atoms with Crippen LogP contribution in [0.4, 0.5) is 0 Å². The molecule has 0 spiro atoms. The maximum Gasteiger partial charge on any atom is 0.241 e. The molecule has 4 nitrogen and oxygen atoms in total. The summed E-state index contributed by atoms with van der Waals surface area (Å²) in [6.07, 6.45) is 0.854. The van der Waals surface area contributed by atoms with Crippen LogP contribution in [0.3, 0.4) is 0 Å². The SMILES string of the molecule is CCC1NCN(C(COC)C(C)C)C1=O. The molecule has 0 aliphatic carbocycles. The summed E-state index contributed by atoms with van der Waals surface area (Å²) in [5.74, 6) is 0.638. The Balaban J connectivity index is 2.65. The molecule has 0 radical (unpaired) electrons. The number of carbonyl (C=O) groups excluding carboxylic acids is 1. The zero-order valence-electron chi connectivity index (χ0n) is 10.1. The van der Waals surface area contributed by atoms with Crippen molar-refractivity contribution in [1.29, 1.82) is 0 Å². The van der Waals surface area contributed by atoms with Gasteiger partial charge in [0.05, 0.1) is 25.4 Å². The molecule has 0 bridgehead atoms. The molecule has 0 saturated carbocycles. The Morgan fingerprint density at radius 2 is 2.27 bits per heavy atom. The maximum atomic E-state index is 12.0. The number of hydrogen-bond donors (Lipinski definition) is 1. The van der Waals surface area contributed by atoms with Crippen LogP contribution in [-0.2, 0) is 9.53 Å². The van der Waals surface area contributed by atoms with Gasteiger partial charge < -0.3 is 9.64 Å². The van der Waals surface area contributed by atoms with E-state index < -0.39 is 0 Å². The van der Waals surface area contributed by atoms with E-state index in [4.69, 9.17) is 4.74 Å². The summed E-state index contributed by atoms with van der Waals surface area (Å²) >= 11 is 0. The number of hydrogen-bond acceptors (Lipinski definition) is 3. The van der Waals surface area contributed by atoms with Gasteiger partial charge in [-0.3, -0.25) is 10.1 Å². The summed E-state index contributed by atoms with van der Waals surface area (Å²) in [6.45, 7) is 7.54. The lowest BCUT2D eigenvalue weighted by Crippen LogP contribution is -2.44. The molecule has 2 unspecified atom stereocenters. The van der Waals surface area contributed by atoms with Crippen LogP contribution in [0.2, 0.25) is 0 Å². The highest BCUT2D eigenvalue weighted by Crippen LogP contribution is 2.16. The Morgan fingerprint density at radius 3 is 2.67 bits per heavy atom. The lowest BCUT2D eigenvalue weighted by atomic mass is 10.0. The average Bonchev–Trinajstić information content (AvgIpc) is 2.55. The van der Waals surface area contributed by atoms with Gasteiger partial charge in [-0.2, -0.15) is 0 Å². The third kappa shape index (κ3) is 2.69. The lowest BCUT2D eigenvalue weighted by Gasteiger charge is -2.30. The zero-order valence-corrected chi connectivity index (χ0v) is 10.1. The summed E-state index contributed by atoms with van der Waals surface area (Å²) in [4.78, 5) is 13.9. The molecule has 2 atom stereocenters. The van der Waals surface area contributed by atoms with Gasteiger partial charge in [0.1, 0.15) is 0 Å². The molecule has 0 aromatic rings. The third-order valence-electron chi connectivity index (χ3n) is 3.00. The first-order valence-electron chi connectivity index (χ1n) is 5.64. The predicted octanol–water partition coefficient (Wildman–Crippen LogP) is 0.825. The molecule has 4 heteroatoms. The number of nitrogens with zero attached hydrogens (tertiary/aromatic N) is 1. The second kappa shape index (κ2) is 5.47. The van der Waals surface area contributed by atoms with Gasteiger partial charge in [-0.25, -0.2) is 0 Å². The van der Waals surface area contributed by atoms with Crippen LogP contribution in [0.5, 0.6) is 0 Å². The third-order valence-corrected chi connectivity index (χ3v) is 3.00. The summed E-state index contributed by atoms with van der Waals surface area (Å²) in [6, 6.07) is 0.189. The molecule has 1 saturated heterocycles. The van der Waals surface area contributed by atoms with E-state index in [0.29, 0.717) is 19.2 Å². The van der Waals surface area contributed by atoms with Crippen LogP contribution < -0.4 is 5.32 Å². The molecule has 0 aromatic carbocycles. The second-order valence-corrected chi connectivity index (χ2v) is 4.40. The van der Waals surface area contributed by atoms with E-state index in [1.165, 1.54) is 0 Å². The van der Waals surface area contributed by atoms with Crippen molar-refractivity contribution in [3.05, 3.63) is 0 Å². The van der Waals surface area contributed by atoms with E-state index >= 15 is 0 Å². The number of nitrogens with one attached hydrogen (secondary N) is 1. The number of amides is 1. The van der Waals surface area contributed by atoms with Crippen molar-refractivity contribution < 1.29 is 9.53 Å². The molecule has 1 rings (SSSR count). The van der Waals surface area contributed by atoms with Gasteiger partial charge in [-0.05, 0) is 12.3 Å². The van der Waals surface area contributed by atoms with Crippen molar-refractivity contribution in [3.63, 3.8) is 0 Å². The topological polar surface area (TPSA) is 41.6 Å². The fourth-order valence-electron chi connectivity index (χ4n) is 1.99. The van der Waals surface area contributed by atoms with E-state index in [1.54, 1.807) is 7.11 Å². The number of carbonyl (C=O) groups is 1. The Kier molecular flexibility index (Phi) is 4.54. The van der Waals surface area contributed by atoms with Gasteiger partial charge in [0.25, 0.3) is 0 Å². The highest BCUT2D eigenvalue weighted by molar-refractivity contribution is 5.84. The second-order valence-electron chi connectivity index (χ2n) is 4.40. The normalized spacial score (nSPS) is 23.9. The molecular weight excluding hydrogens is 192 g/mol. The standard InChI is InChI=1S/C11H22N2O2/c1-5-9-11(14)13(7-12-9)10(6-15-4)8(2)3/h8-10,12H,5-7H2,1-4H3. The number of methoxy groups -OCH3 is 1. The lowest BCUT2D eigenvalue weighted by molar-refractivity contribution is -0.132. The molecule has 1 heterocycles. The minimum absolute atomic E-state index is 0.00288. The zero-order chi connectivity index (χ0) is 11.4. The van der Waals surface area contributed by atoms with Crippen molar-refractivity contribution in [2.75, 3.05) is 20.4 Å². The summed E-state index contributed by atoms with van der Waals surface area (Å²) < 4.78 is 5.17. The van der Waals surface area contributed by atoms with Crippen LogP contribution >= 0.6 is 0 Å². The highest BCUT2D eigenvalue weighted by Gasteiger charge is 2.35. The maximum absolute atomic E-state index is 12.0. The fourth-order valence-corrected chi connectivity index (χ4v) is 1.99. The Hall–Kier alpha value is -0.610. The molecule has 1 aliphatic heterocycles. The summed E-state index contributed by atoms with van der Waals surface area (Å²) in [7, 11) is 1.68. The Bertz CT molecular complexity index is 219. The van der Waals surface area contributed by atoms with Crippen LogP contribution in [-0.4, -0.2) is 43.3 Å². The van der Waals surface area contributed by atoms with Crippen molar-refractivity contribution in [2.24, 2.45) is 5.92 Å². The van der Waals surface area contributed by atoms with E-state index in [-0.39, 0.29) is 18.0 Å². The molecule has 88 valence electrons. The number of ether oxygens (including phenoxy) is 1. The predicted molar refractivity (Wildman–Crippen MR) is 59.4 cm³/mol. The Morgan fingerprint density at radius 1 is 1.60 bits per heavy atom. The largest absolute Gasteiger partial charge is 0.383 e. The van der Waals surface area contributed by atoms with Gasteiger partial charge in [-0.1, -0.05) is 20.8 Å². The van der Waals surface area contributed by atoms with Crippen LogP contribution in [0.15, 0.2) is 0 Å². The van der Waals surface area contributed by atoms with Crippen molar-refractivity contribution >= 4 is 5.91 Å². The molecule has 15 heavy (non-hydrogen) atoms. The molecule has 1 amide bonds. The summed E-state index contributed by atoms with van der Waals surface area (Å²) in [5.41, 5.74) is 0. The van der Waals surface area contributed by atoms with Crippen LogP contribution in [0.1, 0.15) is 27.2 Å². The minimum Gasteiger partial charge on any atom is -0.383 e. The molecule has 0 aromatic heterocycles. The molecular formula is C11H22N2O2. The minimum atomic E-state index is 0.00288. The molecule has 1 fully saturated rings. The highest BCUT2D eigenvalue weighted by atomic mass is 16.5. The average molecular weight is 214 g/mol. The Labute approximate surface area is 92.0 Å². The van der Waals surface area contributed by atoms with E-state index in [0.717, 1.165) is 6.42 Å². The van der Waals surface area contributed by atoms with Crippen LogP contribution in [0, 0.1) is 5.92 Å². The van der Waals surface area contributed by atoms with Crippen LogP contribution in [0.25, 0.3) is 0 Å². The van der Waals surface area contributed by atoms with Gasteiger partial charge in [0, 0.05) is 7.11 Å². The van der Waals surface area contributed by atoms with E-state index in [1.807, 2.05) is 11.8 Å². The molecule has 1 aliphatic rings. The monoisotopic (exact) mass is 214 g/mol. The summed E-state index contributed by atoms with van der Waals surface area (Å²) in [5, 5.41) is 3.22. The molecule has 1 N–H and O–H groups in total. The first-order chi connectivity index (χ1) is 7.11. The van der Waals surface area contributed by atoms with Crippen molar-refractivity contribution in [2.45, 2.75) is 39.3 Å². The van der Waals surface area contributed by atoms with Gasteiger partial charge >= 0.3 is 0 Å². The quantitative estimate of drug-likeness (QED) is 0.737. The first kappa shape index (κ1) is 12.5. The fraction of sp³-hybridized carbons (Fsp3) is 0.909. The van der Waals surface area contributed by atoms with E-state index in [2.05, 4.69) is 19.2 Å². The van der Waals surface area contributed by atoms with Gasteiger partial charge in [0.2, 0.25) is 5.91 Å². The number of rotatable bonds is 5. The van der Waals surface area contributed by atoms with Gasteiger partial charge in [-0.15, -0.1) is 0 Å². The smallest absolute Gasteiger partial charge is 0.241 e. The van der Waals surface area contributed by atoms with Crippen molar-refractivity contribution in [1.82, 2.24) is 10.2 Å². The van der Waals surface area contributed by atoms with Gasteiger partial charge in [0.15, 0.2) is 0 Å². The van der Waals surface area contributed by atoms with Crippen molar-refractivity contribution in [3.8, 4) is 0 Å².